The fourth-order valence-electron chi connectivity index (χ4n) is 2.08. The summed E-state index contributed by atoms with van der Waals surface area (Å²) in [5, 5.41) is 3.30. The van der Waals surface area contributed by atoms with Crippen LogP contribution in [0.25, 0.3) is 0 Å². The van der Waals surface area contributed by atoms with Gasteiger partial charge in [-0.25, -0.2) is 0 Å². The van der Waals surface area contributed by atoms with Crippen LogP contribution in [0.2, 0.25) is 0 Å². The molecule has 0 aliphatic carbocycles. The van der Waals surface area contributed by atoms with Gasteiger partial charge in [-0.15, -0.1) is 0 Å². The van der Waals surface area contributed by atoms with Crippen molar-refractivity contribution < 1.29 is 4.79 Å². The number of hydrogen-bond donors (Lipinski definition) is 1. The lowest BCUT2D eigenvalue weighted by Gasteiger charge is -2.26. The Bertz CT molecular complexity index is 184. The molecule has 0 aromatic heterocycles. The Morgan fingerprint density at radius 3 is 2.40 bits per heavy atom. The van der Waals surface area contributed by atoms with Crippen LogP contribution in [-0.2, 0) is 4.79 Å². The van der Waals surface area contributed by atoms with E-state index in [0.29, 0.717) is 18.2 Å². The molecule has 1 heterocycles. The maximum absolute atomic E-state index is 11.8. The van der Waals surface area contributed by atoms with Crippen LogP contribution in [0.1, 0.15) is 33.1 Å². The number of rotatable bonds is 6. The van der Waals surface area contributed by atoms with Crippen molar-refractivity contribution >= 4 is 5.78 Å². The Morgan fingerprint density at radius 1 is 1.27 bits per heavy atom. The van der Waals surface area contributed by atoms with Gasteiger partial charge < -0.3 is 5.32 Å². The molecule has 1 rings (SSSR count). The first-order valence-electron chi connectivity index (χ1n) is 6.21. The first kappa shape index (κ1) is 12.7. The van der Waals surface area contributed by atoms with Gasteiger partial charge in [0.05, 0.1) is 6.54 Å². The fourth-order valence-corrected chi connectivity index (χ4v) is 2.08. The number of hydrogen-bond acceptors (Lipinski definition) is 3. The zero-order chi connectivity index (χ0) is 11.1. The standard InChI is InChI=1S/C12H24N2O/c1-3-11(4-2)9-12(15)10-14-7-5-13-6-8-14/h11,13H,3-10H2,1-2H3. The molecule has 0 spiro atoms. The van der Waals surface area contributed by atoms with Crippen LogP contribution in [0.15, 0.2) is 0 Å². The third-order valence-electron chi connectivity index (χ3n) is 3.28. The highest BCUT2D eigenvalue weighted by Gasteiger charge is 2.15. The lowest BCUT2D eigenvalue weighted by atomic mass is 9.97. The molecule has 3 heteroatoms. The lowest BCUT2D eigenvalue weighted by Crippen LogP contribution is -2.45. The average Bonchev–Trinajstić information content (AvgIpc) is 2.27. The van der Waals surface area contributed by atoms with E-state index in [1.54, 1.807) is 0 Å². The Kier molecular flexibility index (Phi) is 5.88. The van der Waals surface area contributed by atoms with E-state index in [1.165, 1.54) is 0 Å². The number of carbonyl (C=O) groups is 1. The summed E-state index contributed by atoms with van der Waals surface area (Å²) < 4.78 is 0. The summed E-state index contributed by atoms with van der Waals surface area (Å²) >= 11 is 0. The molecule has 0 radical (unpaired) electrons. The normalized spacial score (nSPS) is 18.3. The summed E-state index contributed by atoms with van der Waals surface area (Å²) in [6, 6.07) is 0. The van der Waals surface area contributed by atoms with Crippen molar-refractivity contribution in [2.24, 2.45) is 5.92 Å². The van der Waals surface area contributed by atoms with Gasteiger partial charge in [0.1, 0.15) is 5.78 Å². The van der Waals surface area contributed by atoms with Crippen LogP contribution in [0.4, 0.5) is 0 Å². The third kappa shape index (κ3) is 4.76. The van der Waals surface area contributed by atoms with Crippen molar-refractivity contribution in [1.29, 1.82) is 0 Å². The monoisotopic (exact) mass is 212 g/mol. The van der Waals surface area contributed by atoms with E-state index in [1.807, 2.05) is 0 Å². The van der Waals surface area contributed by atoms with E-state index >= 15 is 0 Å². The predicted molar refractivity (Wildman–Crippen MR) is 63.0 cm³/mol. The van der Waals surface area contributed by atoms with Crippen LogP contribution in [0.5, 0.6) is 0 Å². The van der Waals surface area contributed by atoms with E-state index in [4.69, 9.17) is 0 Å². The van der Waals surface area contributed by atoms with E-state index < -0.39 is 0 Å². The highest BCUT2D eigenvalue weighted by Crippen LogP contribution is 2.13. The SMILES string of the molecule is CCC(CC)CC(=O)CN1CCNCC1. The summed E-state index contributed by atoms with van der Waals surface area (Å²) in [6.07, 6.45) is 3.03. The number of Topliss-reactive ketones (excluding diaryl/α,β-unsaturated/α-hetero) is 1. The summed E-state index contributed by atoms with van der Waals surface area (Å²) in [5.74, 6) is 1.02. The van der Waals surface area contributed by atoms with Crippen molar-refractivity contribution in [3.63, 3.8) is 0 Å². The number of piperazine rings is 1. The molecular weight excluding hydrogens is 188 g/mol. The first-order chi connectivity index (χ1) is 7.26. The minimum atomic E-state index is 0.422. The van der Waals surface area contributed by atoms with Gasteiger partial charge in [-0.1, -0.05) is 26.7 Å². The number of carbonyl (C=O) groups excluding carboxylic acids is 1. The smallest absolute Gasteiger partial charge is 0.147 e. The first-order valence-corrected chi connectivity index (χ1v) is 6.21. The zero-order valence-electron chi connectivity index (χ0n) is 10.1. The highest BCUT2D eigenvalue weighted by atomic mass is 16.1. The van der Waals surface area contributed by atoms with Crippen molar-refractivity contribution in [3.05, 3.63) is 0 Å². The van der Waals surface area contributed by atoms with Crippen LogP contribution < -0.4 is 5.32 Å². The van der Waals surface area contributed by atoms with Crippen molar-refractivity contribution in [1.82, 2.24) is 10.2 Å². The number of ketones is 1. The minimum absolute atomic E-state index is 0.422. The van der Waals surface area contributed by atoms with E-state index in [0.717, 1.165) is 45.4 Å². The maximum Gasteiger partial charge on any atom is 0.147 e. The summed E-state index contributed by atoms with van der Waals surface area (Å²) in [4.78, 5) is 14.0. The second kappa shape index (κ2) is 6.96. The van der Waals surface area contributed by atoms with Crippen molar-refractivity contribution in [2.75, 3.05) is 32.7 Å². The van der Waals surface area contributed by atoms with Crippen LogP contribution in [0.3, 0.4) is 0 Å². The zero-order valence-corrected chi connectivity index (χ0v) is 10.1. The molecule has 1 aliphatic heterocycles. The van der Waals surface area contributed by atoms with Crippen molar-refractivity contribution in [2.45, 2.75) is 33.1 Å². The molecule has 0 bridgehead atoms. The molecule has 1 aliphatic rings. The van der Waals surface area contributed by atoms with E-state index in [2.05, 4.69) is 24.1 Å². The number of nitrogens with zero attached hydrogens (tertiary/aromatic N) is 1. The highest BCUT2D eigenvalue weighted by molar-refractivity contribution is 5.80. The summed E-state index contributed by atoms with van der Waals surface area (Å²) in [6.45, 7) is 9.11. The molecule has 0 aromatic carbocycles. The molecule has 0 saturated carbocycles. The third-order valence-corrected chi connectivity index (χ3v) is 3.28. The Labute approximate surface area is 93.2 Å². The molecule has 15 heavy (non-hydrogen) atoms. The second-order valence-corrected chi connectivity index (χ2v) is 4.45. The Balaban J connectivity index is 2.21. The fraction of sp³-hybridized carbons (Fsp3) is 0.917. The largest absolute Gasteiger partial charge is 0.314 e. The molecule has 88 valence electrons. The minimum Gasteiger partial charge on any atom is -0.314 e. The van der Waals surface area contributed by atoms with Gasteiger partial charge in [-0.3, -0.25) is 9.69 Å². The molecule has 0 amide bonds. The van der Waals surface area contributed by atoms with Gasteiger partial charge in [0.15, 0.2) is 0 Å². The van der Waals surface area contributed by atoms with Crippen LogP contribution in [0, 0.1) is 5.92 Å². The number of nitrogens with one attached hydrogen (secondary N) is 1. The molecular formula is C12H24N2O. The average molecular weight is 212 g/mol. The van der Waals surface area contributed by atoms with Crippen molar-refractivity contribution in [3.8, 4) is 0 Å². The van der Waals surface area contributed by atoms with Crippen LogP contribution in [-0.4, -0.2) is 43.4 Å². The van der Waals surface area contributed by atoms with Gasteiger partial charge in [0.2, 0.25) is 0 Å². The Hall–Kier alpha value is -0.410. The van der Waals surface area contributed by atoms with Gasteiger partial charge in [-0.05, 0) is 5.92 Å². The van der Waals surface area contributed by atoms with Gasteiger partial charge in [0.25, 0.3) is 0 Å². The van der Waals surface area contributed by atoms with Gasteiger partial charge in [0, 0.05) is 32.6 Å². The molecule has 0 unspecified atom stereocenters. The second-order valence-electron chi connectivity index (χ2n) is 4.45. The van der Waals surface area contributed by atoms with Crippen LogP contribution >= 0.6 is 0 Å². The molecule has 3 nitrogen and oxygen atoms in total. The molecule has 1 saturated heterocycles. The molecule has 0 atom stereocenters. The molecule has 1 fully saturated rings. The Morgan fingerprint density at radius 2 is 1.87 bits per heavy atom. The van der Waals surface area contributed by atoms with Gasteiger partial charge >= 0.3 is 0 Å². The molecule has 1 N–H and O–H groups in total. The predicted octanol–water partition coefficient (Wildman–Crippen LogP) is 1.29. The summed E-state index contributed by atoms with van der Waals surface area (Å²) in [7, 11) is 0. The maximum atomic E-state index is 11.8. The summed E-state index contributed by atoms with van der Waals surface area (Å²) in [5.41, 5.74) is 0. The topological polar surface area (TPSA) is 32.3 Å². The molecule has 0 aromatic rings. The lowest BCUT2D eigenvalue weighted by molar-refractivity contribution is -0.121. The van der Waals surface area contributed by atoms with E-state index in [-0.39, 0.29) is 0 Å². The quantitative estimate of drug-likeness (QED) is 0.720. The van der Waals surface area contributed by atoms with E-state index in [9.17, 15) is 4.79 Å². The van der Waals surface area contributed by atoms with Gasteiger partial charge in [-0.2, -0.15) is 0 Å².